The van der Waals surface area contributed by atoms with Gasteiger partial charge in [0.05, 0.1) is 0 Å². The molecule has 0 N–H and O–H groups in total. The molecule has 0 amide bonds. The van der Waals surface area contributed by atoms with Crippen molar-refractivity contribution in [3.63, 3.8) is 0 Å². The second kappa shape index (κ2) is 10.7. The Morgan fingerprint density at radius 3 is 0.804 bits per heavy atom. The van der Waals surface area contributed by atoms with E-state index in [0.29, 0.717) is 0 Å². The third kappa shape index (κ3) is 5.14. The Morgan fingerprint density at radius 2 is 0.609 bits per heavy atom. The van der Waals surface area contributed by atoms with E-state index in [1.807, 2.05) is 11.3 Å². The van der Waals surface area contributed by atoms with Crippen molar-refractivity contribution >= 4 is 5.97 Å². The third-order valence-electron chi connectivity index (χ3n) is 5.47. The van der Waals surface area contributed by atoms with E-state index < -0.39 is 89.0 Å². The Morgan fingerprint density at radius 1 is 0.391 bits per heavy atom. The minimum Gasteiger partial charge on any atom is -0.417 e. The van der Waals surface area contributed by atoms with Crippen LogP contribution in [0, 0.1) is 5.41 Å². The maximum Gasteiger partial charge on any atom is 0.460 e. The predicted molar refractivity (Wildman–Crippen MR) is 86.0 cm³/mol. The highest BCUT2D eigenvalue weighted by Gasteiger charge is 3.04. The van der Waals surface area contributed by atoms with Crippen LogP contribution in [0.3, 0.4) is 0 Å². The molecule has 0 saturated heterocycles. The van der Waals surface area contributed by atoms with E-state index in [0.717, 1.165) is 0 Å². The van der Waals surface area contributed by atoms with Crippen LogP contribution in [0.2, 0.25) is 0 Å². The van der Waals surface area contributed by atoms with E-state index >= 15 is 4.39 Å². The molecule has 0 aliphatic rings. The Bertz CT molecular complexity index is 1130. The van der Waals surface area contributed by atoms with Gasteiger partial charge >= 0.3 is 83.4 Å². The van der Waals surface area contributed by atoms with Crippen LogP contribution in [0.4, 0.5) is 119 Å². The fourth-order valence-electron chi connectivity index (χ4n) is 2.99. The van der Waals surface area contributed by atoms with Crippen molar-refractivity contribution in [1.29, 1.82) is 0 Å². The van der Waals surface area contributed by atoms with Crippen molar-refractivity contribution in [2.24, 2.45) is 5.41 Å². The lowest BCUT2D eigenvalue weighted by Crippen LogP contribution is -2.82. The highest BCUT2D eigenvalue weighted by Crippen LogP contribution is 2.73. The van der Waals surface area contributed by atoms with Crippen LogP contribution in [0.15, 0.2) is 12.2 Å². The number of carbonyl (C=O) groups is 1. The normalized spacial score (nSPS) is 17.5. The third-order valence-corrected chi connectivity index (χ3v) is 5.47. The summed E-state index contributed by atoms with van der Waals surface area (Å²) in [5.41, 5.74) is -11.8. The highest BCUT2D eigenvalue weighted by atomic mass is 19.4. The first-order valence-corrected chi connectivity index (χ1v) is 9.82. The Balaban J connectivity index is 8.44. The molecule has 1 unspecified atom stereocenters. The van der Waals surface area contributed by atoms with Crippen LogP contribution < -0.4 is 0 Å². The van der Waals surface area contributed by atoms with Gasteiger partial charge in [0, 0.05) is 5.57 Å². The van der Waals surface area contributed by atoms with Gasteiger partial charge in [-0.3, -0.25) is 0 Å². The lowest BCUT2D eigenvalue weighted by molar-refractivity contribution is -0.531. The summed E-state index contributed by atoms with van der Waals surface area (Å²) in [7, 11) is 0. The smallest absolute Gasteiger partial charge is 0.417 e. The molecule has 0 aliphatic carbocycles. The lowest BCUT2D eigenvalue weighted by Gasteiger charge is -2.51. The van der Waals surface area contributed by atoms with Gasteiger partial charge in [0.1, 0.15) is 0 Å². The van der Waals surface area contributed by atoms with Crippen LogP contribution >= 0.6 is 0 Å². The lowest BCUT2D eigenvalue weighted by atomic mass is 9.71. The van der Waals surface area contributed by atoms with Crippen LogP contribution in [0.5, 0.6) is 0 Å². The number of alkyl halides is 27. The molecule has 2 nitrogen and oxygen atoms in total. The summed E-state index contributed by atoms with van der Waals surface area (Å²) in [5.74, 6) is -80.6. The highest BCUT2D eigenvalue weighted by molar-refractivity contribution is 5.87. The van der Waals surface area contributed by atoms with Gasteiger partial charge in [0.15, 0.2) is 0 Å². The van der Waals surface area contributed by atoms with Gasteiger partial charge in [-0.1, -0.05) is 6.58 Å². The number of esters is 1. The largest absolute Gasteiger partial charge is 0.460 e. The summed E-state index contributed by atoms with van der Waals surface area (Å²) >= 11 is 0. The summed E-state index contributed by atoms with van der Waals surface area (Å²) in [6, 6.07) is 0. The topological polar surface area (TPSA) is 26.3 Å². The molecule has 0 heterocycles. The maximum atomic E-state index is 15.2. The fourth-order valence-corrected chi connectivity index (χ4v) is 2.99. The minimum atomic E-state index is -9.96. The van der Waals surface area contributed by atoms with Gasteiger partial charge in [-0.15, -0.1) is 0 Å². The molecule has 0 fully saturated rings. The van der Waals surface area contributed by atoms with Crippen molar-refractivity contribution in [3.8, 4) is 0 Å². The first-order valence-electron chi connectivity index (χ1n) is 9.82. The first-order chi connectivity index (χ1) is 19.3. The number of ether oxygens (including phenoxy) is 1. The molecular weight excluding hydrogens is 749 g/mol. The maximum absolute atomic E-state index is 15.2. The van der Waals surface area contributed by atoms with E-state index in [1.165, 1.54) is 0 Å². The Hall–Kier alpha value is -2.68. The van der Waals surface area contributed by atoms with E-state index in [4.69, 9.17) is 0 Å². The average molecular weight is 754 g/mol. The molecule has 0 aromatic carbocycles. The van der Waals surface area contributed by atoms with Crippen LogP contribution in [-0.2, 0) is 9.53 Å². The summed E-state index contributed by atoms with van der Waals surface area (Å²) < 4.78 is 366. The zero-order chi connectivity index (χ0) is 38.4. The molecular formula is C17H5F27O2. The Labute approximate surface area is 232 Å². The monoisotopic (exact) mass is 754 g/mol. The second-order valence-electron chi connectivity index (χ2n) is 8.53. The quantitative estimate of drug-likeness (QED) is 0.126. The van der Waals surface area contributed by atoms with Crippen LogP contribution in [0.25, 0.3) is 0 Å². The summed E-state index contributed by atoms with van der Waals surface area (Å²) in [5, 5.41) is 0. The van der Waals surface area contributed by atoms with Gasteiger partial charge in [-0.05, 0) is 6.92 Å². The summed E-state index contributed by atoms with van der Waals surface area (Å²) in [6.45, 7) is 1.74. The minimum absolute atomic E-state index is 0.276. The van der Waals surface area contributed by atoms with Crippen molar-refractivity contribution in [3.05, 3.63) is 12.2 Å². The number of carbonyl (C=O) groups excluding carboxylic acids is 1. The van der Waals surface area contributed by atoms with Gasteiger partial charge in [-0.25, -0.2) is 4.79 Å². The van der Waals surface area contributed by atoms with E-state index in [9.17, 15) is 119 Å². The van der Waals surface area contributed by atoms with Gasteiger partial charge in [-0.2, -0.15) is 119 Å². The SMILES string of the molecule is C=C(C)C(=O)OC(F)(C(F)(F)C(F)(F)C(F)(F)C(F)(F)C(F)(F)C(F)(F)C(F)(F)C(F)(F)F)C(C(F)(F)F)(C(F)(F)F)C(F)(F)F. The fraction of sp³-hybridized carbons (Fsp3) is 0.824. The number of hydrogen-bond donors (Lipinski definition) is 0. The van der Waals surface area contributed by atoms with Crippen molar-refractivity contribution < 1.29 is 128 Å². The molecule has 0 aromatic heterocycles. The molecule has 0 rings (SSSR count). The number of halogens is 27. The van der Waals surface area contributed by atoms with Crippen molar-refractivity contribution in [1.82, 2.24) is 0 Å². The van der Waals surface area contributed by atoms with Crippen molar-refractivity contribution in [2.75, 3.05) is 0 Å². The molecule has 46 heavy (non-hydrogen) atoms. The molecule has 0 spiro atoms. The molecule has 0 aromatic rings. The van der Waals surface area contributed by atoms with Crippen LogP contribution in [0.1, 0.15) is 6.92 Å². The molecule has 1 atom stereocenters. The van der Waals surface area contributed by atoms with Crippen LogP contribution in [-0.4, -0.2) is 78.0 Å². The second-order valence-corrected chi connectivity index (χ2v) is 8.53. The van der Waals surface area contributed by atoms with Gasteiger partial charge in [0.25, 0.3) is 0 Å². The standard InChI is InChI=1S/C17H5F27O2/c1-3(2)4(45)46-13(32,5(14(33,34)35,15(36,37)38)16(39,40)41)11(28,29)9(24,25)7(20,21)6(18,19)8(22,23)10(26,27)12(30,31)17(42,43)44/h1H2,2H3. The number of hydrogen-bond acceptors (Lipinski definition) is 2. The molecule has 29 heteroatoms. The van der Waals surface area contributed by atoms with E-state index in [2.05, 4.69) is 0 Å². The van der Waals surface area contributed by atoms with Gasteiger partial charge in [0.2, 0.25) is 0 Å². The molecule has 0 saturated carbocycles. The zero-order valence-corrected chi connectivity index (χ0v) is 20.2. The molecule has 0 aliphatic heterocycles. The van der Waals surface area contributed by atoms with E-state index in [1.54, 1.807) is 0 Å². The van der Waals surface area contributed by atoms with Crippen molar-refractivity contribution in [2.45, 2.75) is 78.9 Å². The Kier molecular flexibility index (Phi) is 10.0. The van der Waals surface area contributed by atoms with Gasteiger partial charge < -0.3 is 4.74 Å². The molecule has 0 bridgehead atoms. The first kappa shape index (κ1) is 43.3. The zero-order valence-electron chi connectivity index (χ0n) is 20.2. The molecule has 0 radical (unpaired) electrons. The summed E-state index contributed by atoms with van der Waals surface area (Å²) in [6.07, 6.45) is -35.6. The van der Waals surface area contributed by atoms with E-state index in [-0.39, 0.29) is 6.92 Å². The summed E-state index contributed by atoms with van der Waals surface area (Å²) in [4.78, 5) is 11.3. The predicted octanol–water partition coefficient (Wildman–Crippen LogP) is 9.45. The average Bonchev–Trinajstić information content (AvgIpc) is 2.74. The number of rotatable bonds is 10. The molecule has 274 valence electrons.